The first-order chi connectivity index (χ1) is 33.1. The molecule has 1 aromatic carbocycles. The number of carboxylic acid groups (broad SMARTS) is 1. The summed E-state index contributed by atoms with van der Waals surface area (Å²) in [5.41, 5.74) is 6.32. The second kappa shape index (κ2) is 28.4. The van der Waals surface area contributed by atoms with Crippen LogP contribution in [0.25, 0.3) is 0 Å². The number of nitrogens with two attached hydrogens (primary N) is 1. The van der Waals surface area contributed by atoms with Gasteiger partial charge in [-0.2, -0.15) is 0 Å². The van der Waals surface area contributed by atoms with Gasteiger partial charge < -0.3 is 45.6 Å². The Labute approximate surface area is 420 Å². The van der Waals surface area contributed by atoms with Gasteiger partial charge in [-0.15, -0.1) is 11.8 Å². The highest BCUT2D eigenvalue weighted by molar-refractivity contribution is 8.00. The third-order valence-electron chi connectivity index (χ3n) is 14.3. The zero-order chi connectivity index (χ0) is 52.6. The van der Waals surface area contributed by atoms with E-state index in [1.807, 2.05) is 54.5 Å². The monoisotopic (exact) mass is 1000 g/mol. The highest BCUT2D eigenvalue weighted by atomic mass is 32.2. The highest BCUT2D eigenvalue weighted by Crippen LogP contribution is 2.33. The Bertz CT molecular complexity index is 1920. The summed E-state index contributed by atoms with van der Waals surface area (Å²) < 4.78 is 12.0. The van der Waals surface area contributed by atoms with Crippen LogP contribution in [0.15, 0.2) is 30.3 Å². The second-order valence-electron chi connectivity index (χ2n) is 19.8. The minimum atomic E-state index is -1.17. The second-order valence-corrected chi connectivity index (χ2v) is 21.1. The molecule has 19 heteroatoms. The van der Waals surface area contributed by atoms with Gasteiger partial charge in [0.05, 0.1) is 41.9 Å². The van der Waals surface area contributed by atoms with Gasteiger partial charge in [0.2, 0.25) is 41.4 Å². The van der Waals surface area contributed by atoms with Crippen LogP contribution in [0.3, 0.4) is 0 Å². The molecule has 1 aromatic rings. The average Bonchev–Trinajstić information content (AvgIpc) is 3.83. The minimum Gasteiger partial charge on any atom is -0.480 e. The maximum Gasteiger partial charge on any atom is 0.326 e. The Kier molecular flexibility index (Phi) is 24.3. The van der Waals surface area contributed by atoms with E-state index in [4.69, 9.17) is 15.2 Å². The first kappa shape index (κ1) is 59.7. The van der Waals surface area contributed by atoms with Gasteiger partial charge in [0.15, 0.2) is 0 Å². The Balaban J connectivity index is 1.72. The highest BCUT2D eigenvalue weighted by Gasteiger charge is 2.46. The van der Waals surface area contributed by atoms with E-state index in [0.29, 0.717) is 38.5 Å². The molecule has 1 unspecified atom stereocenters. The number of unbranched alkanes of at least 4 members (excludes halogenated alkanes) is 2. The smallest absolute Gasteiger partial charge is 0.326 e. The molecule has 0 spiro atoms. The number of nitrogens with zero attached hydrogens (tertiary/aromatic N) is 4. The summed E-state index contributed by atoms with van der Waals surface area (Å²) in [5, 5.41) is 15.2. The van der Waals surface area contributed by atoms with Crippen LogP contribution in [0.2, 0.25) is 0 Å². The number of ether oxygens (including phenoxy) is 2. The van der Waals surface area contributed by atoms with Crippen LogP contribution in [0.5, 0.6) is 0 Å². The van der Waals surface area contributed by atoms with Crippen molar-refractivity contribution in [2.45, 2.75) is 173 Å². The van der Waals surface area contributed by atoms with Crippen molar-refractivity contribution in [2.24, 2.45) is 29.4 Å². The van der Waals surface area contributed by atoms with Crippen molar-refractivity contribution in [3.8, 4) is 0 Å². The maximum atomic E-state index is 14.7. The number of carboxylic acids is 1. The van der Waals surface area contributed by atoms with Crippen molar-refractivity contribution in [1.29, 1.82) is 0 Å². The number of amides is 7. The summed E-state index contributed by atoms with van der Waals surface area (Å²) in [7, 11) is 6.22. The largest absolute Gasteiger partial charge is 0.480 e. The lowest BCUT2D eigenvalue weighted by atomic mass is 9.89. The zero-order valence-corrected chi connectivity index (χ0v) is 44.5. The first-order valence-corrected chi connectivity index (χ1v) is 26.0. The van der Waals surface area contributed by atoms with Crippen molar-refractivity contribution in [3.05, 3.63) is 35.9 Å². The quantitative estimate of drug-likeness (QED) is 0.0504. The number of likely N-dealkylation sites (N-methyl/N-ethyl adjacent to an activating group) is 2. The summed E-state index contributed by atoms with van der Waals surface area (Å²) in [5.74, 6) is -4.80. The van der Waals surface area contributed by atoms with Crippen LogP contribution in [-0.4, -0.2) is 166 Å². The number of benzene rings is 1. The molecule has 0 radical (unpaired) electrons. The van der Waals surface area contributed by atoms with Gasteiger partial charge in [-0.25, -0.2) is 4.79 Å². The Morgan fingerprint density at radius 3 is 2.10 bits per heavy atom. The molecule has 394 valence electrons. The van der Waals surface area contributed by atoms with Crippen molar-refractivity contribution < 1.29 is 52.9 Å². The first-order valence-electron chi connectivity index (χ1n) is 25.0. The third kappa shape index (κ3) is 15.7. The summed E-state index contributed by atoms with van der Waals surface area (Å²) in [6.07, 6.45) is 2.27. The summed E-state index contributed by atoms with van der Waals surface area (Å²) >= 11 is 1.26. The van der Waals surface area contributed by atoms with Gasteiger partial charge in [-0.3, -0.25) is 38.5 Å². The third-order valence-corrected chi connectivity index (χ3v) is 15.2. The van der Waals surface area contributed by atoms with E-state index >= 15 is 0 Å². The fourth-order valence-electron chi connectivity index (χ4n) is 10.1. The van der Waals surface area contributed by atoms with Gasteiger partial charge in [0.25, 0.3) is 0 Å². The Morgan fingerprint density at radius 2 is 1.54 bits per heavy atom. The predicted molar refractivity (Wildman–Crippen MR) is 269 cm³/mol. The van der Waals surface area contributed by atoms with Crippen LogP contribution >= 0.6 is 11.8 Å². The van der Waals surface area contributed by atoms with Crippen LogP contribution in [-0.2, 0) is 54.3 Å². The van der Waals surface area contributed by atoms with Crippen LogP contribution < -0.4 is 16.4 Å². The van der Waals surface area contributed by atoms with Crippen molar-refractivity contribution >= 4 is 59.1 Å². The van der Waals surface area contributed by atoms with Crippen molar-refractivity contribution in [3.63, 3.8) is 0 Å². The Hall–Kier alpha value is -4.59. The van der Waals surface area contributed by atoms with E-state index in [0.717, 1.165) is 5.56 Å². The molecular weight excluding hydrogens is 919 g/mol. The molecule has 11 atom stereocenters. The minimum absolute atomic E-state index is 0.0941. The molecule has 70 heavy (non-hydrogen) atoms. The number of thioether (sulfide) groups is 1. The van der Waals surface area contributed by atoms with E-state index in [1.165, 1.54) is 35.8 Å². The molecule has 18 nitrogen and oxygen atoms in total. The van der Waals surface area contributed by atoms with E-state index in [9.17, 15) is 43.5 Å². The fraction of sp³-hybridized carbons (Fsp3) is 0.725. The molecular formula is C51H83N7O11S. The lowest BCUT2D eigenvalue weighted by molar-refractivity contribution is -0.150. The molecule has 3 rings (SSSR count). The lowest BCUT2D eigenvalue weighted by Gasteiger charge is -2.41. The molecule has 2 aliphatic rings. The number of hydrogen-bond donors (Lipinski definition) is 4. The Morgan fingerprint density at radius 1 is 0.886 bits per heavy atom. The molecule has 2 fully saturated rings. The summed E-state index contributed by atoms with van der Waals surface area (Å²) in [6, 6.07) is 4.70. The number of methoxy groups -OCH3 is 2. The molecule has 0 saturated carbocycles. The molecule has 7 amide bonds. The zero-order valence-electron chi connectivity index (χ0n) is 43.7. The van der Waals surface area contributed by atoms with Crippen molar-refractivity contribution in [1.82, 2.24) is 30.2 Å². The summed E-state index contributed by atoms with van der Waals surface area (Å²) in [4.78, 5) is 114. The predicted octanol–water partition coefficient (Wildman–Crippen LogP) is 4.07. The number of aliphatic carboxylic acids is 1. The van der Waals surface area contributed by atoms with Crippen LogP contribution in [0, 0.1) is 23.7 Å². The van der Waals surface area contributed by atoms with E-state index in [2.05, 4.69) is 10.6 Å². The van der Waals surface area contributed by atoms with Crippen LogP contribution in [0.1, 0.15) is 119 Å². The average molecular weight is 1000 g/mol. The molecule has 2 saturated heterocycles. The lowest BCUT2D eigenvalue weighted by Crippen LogP contribution is -2.60. The molecule has 2 heterocycles. The van der Waals surface area contributed by atoms with E-state index in [1.54, 1.807) is 55.1 Å². The van der Waals surface area contributed by atoms with Gasteiger partial charge in [-0.05, 0) is 55.9 Å². The van der Waals surface area contributed by atoms with Crippen molar-refractivity contribution in [2.75, 3.05) is 40.7 Å². The number of imide groups is 1. The molecule has 0 aromatic heterocycles. The number of carbonyl (C=O) groups excluding carboxylic acids is 7. The fourth-order valence-corrected chi connectivity index (χ4v) is 10.8. The molecule has 5 N–H and O–H groups in total. The number of nitrogens with one attached hydrogen (secondary N) is 2. The SMILES string of the molecule is CC[C@H](C)[C@@H]([C@@H](CC(=O)N1[C@@H](C)CC[C@H]1[C@H](OC)[C@@H](C)C(=O)N[C@@H](Cc1ccccc1)C(=O)O)OC)N(C)C(=O)[C@@H](NC(=O)[C@H](C(C)C)N(C)C(=O)CCCCCN1C(=O)CC(SCN)C1=O)C(C)C. The van der Waals surface area contributed by atoms with Gasteiger partial charge >= 0.3 is 5.97 Å². The van der Waals surface area contributed by atoms with Gasteiger partial charge in [0.1, 0.15) is 18.1 Å². The number of rotatable bonds is 29. The number of hydrogen-bond acceptors (Lipinski definition) is 12. The standard InChI is InChI=1S/C51H83N7O11S/c1-13-32(6)45(38(68-11)27-42(61)58-33(7)23-24-37(58)46(69-12)34(8)47(62)53-36(51(66)67)26-35-20-16-14-17-21-35)56(10)50(65)43(30(2)3)54-48(63)44(31(4)5)55(9)40(59)22-18-15-19-25-57-41(60)28-39(49(57)64)70-29-52/h14,16-17,20-21,30-34,36-39,43-46H,13,15,18-19,22-29,52H2,1-12H3,(H,53,62)(H,54,63)(H,66,67)/t32-,33-,34+,36-,37-,38+,39?,43-,44-,45-,46+/m0/s1. The van der Waals surface area contributed by atoms with Crippen LogP contribution in [0.4, 0.5) is 0 Å². The topological polar surface area (TPSA) is 238 Å². The van der Waals surface area contributed by atoms with E-state index in [-0.39, 0.29) is 91.4 Å². The number of likely N-dealkylation sites (tertiary alicyclic amines) is 2. The molecule has 0 aliphatic carbocycles. The van der Waals surface area contributed by atoms with Gasteiger partial charge in [-0.1, -0.05) is 91.6 Å². The number of carbonyl (C=O) groups is 8. The maximum absolute atomic E-state index is 14.7. The van der Waals surface area contributed by atoms with Gasteiger partial charge in [0, 0.05) is 66.0 Å². The van der Waals surface area contributed by atoms with E-state index < -0.39 is 71.4 Å². The summed E-state index contributed by atoms with van der Waals surface area (Å²) in [6.45, 7) is 15.2. The molecule has 0 bridgehead atoms. The normalized spacial score (nSPS) is 20.6. The molecule has 2 aliphatic heterocycles.